The number of amides is 2. The number of anilines is 1. The molecule has 1 aromatic rings. The monoisotopic (exact) mass is 286 g/mol. The van der Waals surface area contributed by atoms with Gasteiger partial charge in [0.05, 0.1) is 22.4 Å². The average Bonchev–Trinajstić information content (AvgIpc) is 2.72. The van der Waals surface area contributed by atoms with Crippen molar-refractivity contribution in [2.45, 2.75) is 13.3 Å². The summed E-state index contributed by atoms with van der Waals surface area (Å²) in [5, 5.41) is 10.8. The van der Waals surface area contributed by atoms with E-state index in [0.29, 0.717) is 6.42 Å². The average molecular weight is 286 g/mol. The molecule has 0 radical (unpaired) electrons. The Balaban J connectivity index is 2.00. The molecule has 1 heterocycles. The first-order valence-corrected chi connectivity index (χ1v) is 6.79. The number of non-ortho nitro benzene ring substituents is 1. The van der Waals surface area contributed by atoms with Crippen molar-refractivity contribution in [3.8, 4) is 0 Å². The Bertz CT molecular complexity index is 667. The van der Waals surface area contributed by atoms with E-state index >= 15 is 0 Å². The third-order valence-electron chi connectivity index (χ3n) is 4.17. The summed E-state index contributed by atoms with van der Waals surface area (Å²) in [4.78, 5) is 36.4. The molecule has 0 N–H and O–H groups in total. The Labute approximate surface area is 121 Å². The predicted octanol–water partition coefficient (Wildman–Crippen LogP) is 2.30. The molecule has 21 heavy (non-hydrogen) atoms. The Morgan fingerprint density at radius 2 is 2.05 bits per heavy atom. The molecule has 1 aliphatic carbocycles. The summed E-state index contributed by atoms with van der Waals surface area (Å²) in [6.45, 7) is 1.91. The Morgan fingerprint density at radius 3 is 2.71 bits per heavy atom. The van der Waals surface area contributed by atoms with E-state index in [9.17, 15) is 19.7 Å². The third kappa shape index (κ3) is 2.03. The zero-order valence-corrected chi connectivity index (χ0v) is 11.4. The molecule has 3 atom stereocenters. The van der Waals surface area contributed by atoms with Crippen molar-refractivity contribution < 1.29 is 14.5 Å². The minimum atomic E-state index is -0.536. The highest BCUT2D eigenvalue weighted by molar-refractivity contribution is 6.22. The number of rotatable bonds is 2. The molecule has 2 aliphatic rings. The molecular weight excluding hydrogens is 272 g/mol. The van der Waals surface area contributed by atoms with Crippen LogP contribution in [0.3, 0.4) is 0 Å². The molecule has 0 bridgehead atoms. The molecule has 6 nitrogen and oxygen atoms in total. The minimum Gasteiger partial charge on any atom is -0.274 e. The number of hydrogen-bond acceptors (Lipinski definition) is 4. The van der Waals surface area contributed by atoms with Gasteiger partial charge in [0.2, 0.25) is 11.8 Å². The second-order valence-electron chi connectivity index (χ2n) is 5.44. The van der Waals surface area contributed by atoms with Crippen molar-refractivity contribution in [1.29, 1.82) is 0 Å². The van der Waals surface area contributed by atoms with Crippen molar-refractivity contribution in [1.82, 2.24) is 0 Å². The fourth-order valence-electron chi connectivity index (χ4n) is 3.15. The number of carbonyl (C=O) groups is 2. The maximum Gasteiger partial charge on any atom is 0.271 e. The van der Waals surface area contributed by atoms with Gasteiger partial charge in [-0.15, -0.1) is 0 Å². The van der Waals surface area contributed by atoms with Gasteiger partial charge < -0.3 is 0 Å². The maximum atomic E-state index is 12.5. The summed E-state index contributed by atoms with van der Waals surface area (Å²) in [6, 6.07) is 5.65. The van der Waals surface area contributed by atoms with Crippen LogP contribution >= 0.6 is 0 Å². The lowest BCUT2D eigenvalue weighted by Crippen LogP contribution is -2.31. The number of nitrogens with zero attached hydrogens (tertiary/aromatic N) is 2. The number of carbonyl (C=O) groups excluding carboxylic acids is 2. The molecule has 0 saturated carbocycles. The second kappa shape index (κ2) is 4.80. The second-order valence-corrected chi connectivity index (χ2v) is 5.44. The van der Waals surface area contributed by atoms with Gasteiger partial charge in [-0.1, -0.05) is 25.1 Å². The Morgan fingerprint density at radius 1 is 1.29 bits per heavy atom. The van der Waals surface area contributed by atoms with Gasteiger partial charge in [-0.2, -0.15) is 0 Å². The minimum absolute atomic E-state index is 0.00361. The van der Waals surface area contributed by atoms with Gasteiger partial charge in [0.1, 0.15) is 0 Å². The number of fused-ring (bicyclic) bond motifs is 1. The van der Waals surface area contributed by atoms with Crippen LogP contribution in [0.15, 0.2) is 36.4 Å². The summed E-state index contributed by atoms with van der Waals surface area (Å²) in [5.41, 5.74) is 0.148. The zero-order valence-electron chi connectivity index (χ0n) is 11.4. The Kier molecular flexibility index (Phi) is 3.08. The molecule has 6 heteroatoms. The lowest BCUT2D eigenvalue weighted by atomic mass is 9.78. The highest BCUT2D eigenvalue weighted by Gasteiger charge is 2.50. The van der Waals surface area contributed by atoms with Gasteiger partial charge in [0.15, 0.2) is 0 Å². The first kappa shape index (κ1) is 13.5. The largest absolute Gasteiger partial charge is 0.274 e. The number of allylic oxidation sites excluding steroid dienone is 2. The number of benzene rings is 1. The van der Waals surface area contributed by atoms with Crippen LogP contribution in [0.5, 0.6) is 0 Å². The van der Waals surface area contributed by atoms with Crippen LogP contribution in [0.25, 0.3) is 0 Å². The standard InChI is InChI=1S/C15H14N2O4/c1-9-4-2-7-12-13(9)15(19)16(14(12)18)10-5-3-6-11(8-10)17(20)21/h2-6,8-9,12-13H,7H2,1H3/t9-,12+,13-/m1/s1. The fraction of sp³-hybridized carbons (Fsp3) is 0.333. The Hall–Kier alpha value is -2.50. The van der Waals surface area contributed by atoms with E-state index in [-0.39, 0.29) is 40.9 Å². The predicted molar refractivity (Wildman–Crippen MR) is 75.5 cm³/mol. The van der Waals surface area contributed by atoms with Crippen LogP contribution in [-0.2, 0) is 9.59 Å². The van der Waals surface area contributed by atoms with Gasteiger partial charge in [0, 0.05) is 12.1 Å². The molecule has 0 unspecified atom stereocenters. The molecule has 1 aliphatic heterocycles. The van der Waals surface area contributed by atoms with Gasteiger partial charge in [0.25, 0.3) is 5.69 Å². The molecule has 1 saturated heterocycles. The number of hydrogen-bond donors (Lipinski definition) is 0. The maximum absolute atomic E-state index is 12.5. The van der Waals surface area contributed by atoms with Crippen LogP contribution in [0, 0.1) is 27.9 Å². The van der Waals surface area contributed by atoms with Crippen LogP contribution in [0.1, 0.15) is 13.3 Å². The molecule has 0 spiro atoms. The van der Waals surface area contributed by atoms with Gasteiger partial charge in [-0.3, -0.25) is 19.7 Å². The quantitative estimate of drug-likeness (QED) is 0.361. The first-order chi connectivity index (χ1) is 10.0. The van der Waals surface area contributed by atoms with Gasteiger partial charge in [-0.25, -0.2) is 4.90 Å². The van der Waals surface area contributed by atoms with Crippen LogP contribution < -0.4 is 4.90 Å². The molecule has 2 amide bonds. The van der Waals surface area contributed by atoms with Gasteiger partial charge >= 0.3 is 0 Å². The highest BCUT2D eigenvalue weighted by Crippen LogP contribution is 2.40. The fourth-order valence-corrected chi connectivity index (χ4v) is 3.15. The first-order valence-electron chi connectivity index (χ1n) is 6.79. The zero-order chi connectivity index (χ0) is 15.1. The third-order valence-corrected chi connectivity index (χ3v) is 4.17. The summed E-state index contributed by atoms with van der Waals surface area (Å²) < 4.78 is 0. The molecule has 1 aromatic carbocycles. The van der Waals surface area contributed by atoms with Crippen molar-refractivity contribution >= 4 is 23.2 Å². The van der Waals surface area contributed by atoms with Crippen molar-refractivity contribution in [3.05, 3.63) is 46.5 Å². The van der Waals surface area contributed by atoms with Crippen LogP contribution in [0.2, 0.25) is 0 Å². The molecule has 0 aromatic heterocycles. The van der Waals surface area contributed by atoms with E-state index in [0.717, 1.165) is 4.90 Å². The van der Waals surface area contributed by atoms with Crippen molar-refractivity contribution in [2.24, 2.45) is 17.8 Å². The van der Waals surface area contributed by atoms with Gasteiger partial charge in [-0.05, 0) is 18.4 Å². The van der Waals surface area contributed by atoms with Crippen molar-refractivity contribution in [3.63, 3.8) is 0 Å². The van der Waals surface area contributed by atoms with Crippen LogP contribution in [0.4, 0.5) is 11.4 Å². The van der Waals surface area contributed by atoms with E-state index in [1.165, 1.54) is 18.2 Å². The summed E-state index contributed by atoms with van der Waals surface area (Å²) in [6.07, 6.45) is 4.42. The van der Waals surface area contributed by atoms with E-state index in [1.54, 1.807) is 6.07 Å². The lowest BCUT2D eigenvalue weighted by molar-refractivity contribution is -0.384. The topological polar surface area (TPSA) is 80.5 Å². The SMILES string of the molecule is C[C@@H]1C=CC[C@@H]2C(=O)N(c3cccc([N+](=O)[O-])c3)C(=O)[C@H]12. The highest BCUT2D eigenvalue weighted by atomic mass is 16.6. The summed E-state index contributed by atoms with van der Waals surface area (Å²) >= 11 is 0. The summed E-state index contributed by atoms with van der Waals surface area (Å²) in [5.74, 6) is -1.23. The number of imide groups is 1. The van der Waals surface area contributed by atoms with E-state index < -0.39 is 4.92 Å². The van der Waals surface area contributed by atoms with Crippen LogP contribution in [-0.4, -0.2) is 16.7 Å². The number of nitro groups is 1. The normalized spacial score (nSPS) is 27.9. The molecule has 3 rings (SSSR count). The molecular formula is C15H14N2O4. The smallest absolute Gasteiger partial charge is 0.271 e. The van der Waals surface area contributed by atoms with E-state index in [4.69, 9.17) is 0 Å². The molecule has 108 valence electrons. The summed E-state index contributed by atoms with van der Waals surface area (Å²) in [7, 11) is 0. The van der Waals surface area contributed by atoms with E-state index in [1.807, 2.05) is 19.1 Å². The van der Waals surface area contributed by atoms with Crippen molar-refractivity contribution in [2.75, 3.05) is 4.90 Å². The lowest BCUT2D eigenvalue weighted by Gasteiger charge is -2.22. The van der Waals surface area contributed by atoms with E-state index in [2.05, 4.69) is 0 Å². The number of nitro benzene ring substituents is 1. The molecule has 1 fully saturated rings.